The molecule has 1 atom stereocenters. The number of carbonyl (C=O) groups is 1. The fourth-order valence-corrected chi connectivity index (χ4v) is 4.02. The first-order valence-corrected chi connectivity index (χ1v) is 8.20. The minimum absolute atomic E-state index is 0.251. The largest absolute Gasteiger partial charge is 0.334 e. The van der Waals surface area contributed by atoms with Crippen molar-refractivity contribution in [2.45, 2.75) is 38.3 Å². The van der Waals surface area contributed by atoms with E-state index in [4.69, 9.17) is 0 Å². The van der Waals surface area contributed by atoms with Crippen molar-refractivity contribution >= 4 is 33.2 Å². The first-order chi connectivity index (χ1) is 8.29. The molecule has 2 heterocycles. The summed E-state index contributed by atoms with van der Waals surface area (Å²) >= 11 is 5.16. The Kier molecular flexibility index (Phi) is 3.26. The van der Waals surface area contributed by atoms with E-state index in [1.54, 1.807) is 0 Å². The molecule has 0 spiro atoms. The Morgan fingerprint density at radius 1 is 1.47 bits per heavy atom. The third-order valence-electron chi connectivity index (χ3n) is 3.85. The van der Waals surface area contributed by atoms with Crippen LogP contribution < -0.4 is 0 Å². The van der Waals surface area contributed by atoms with Crippen LogP contribution in [0.3, 0.4) is 0 Å². The van der Waals surface area contributed by atoms with Crippen LogP contribution in [0.25, 0.3) is 0 Å². The second-order valence-corrected chi connectivity index (χ2v) is 6.53. The molecule has 17 heavy (non-hydrogen) atoms. The van der Waals surface area contributed by atoms with Gasteiger partial charge in [-0.3, -0.25) is 4.79 Å². The van der Waals surface area contributed by atoms with E-state index in [0.717, 1.165) is 25.3 Å². The number of hydrogen-bond acceptors (Lipinski definition) is 2. The standard InChI is InChI=1S/C13H16BrNOS/c14-7-13(16)15-8-10-5-6-17-12(10)4-3-11(15)9-1-2-9/h5-6,9,11H,1-4,7-8H2/t11-/m0/s1. The molecule has 2 aliphatic rings. The maximum Gasteiger partial charge on any atom is 0.233 e. The van der Waals surface area contributed by atoms with Gasteiger partial charge < -0.3 is 4.90 Å². The highest BCUT2D eigenvalue weighted by atomic mass is 79.9. The third kappa shape index (κ3) is 2.29. The lowest BCUT2D eigenvalue weighted by molar-refractivity contribution is -0.131. The van der Waals surface area contributed by atoms with Gasteiger partial charge in [-0.1, -0.05) is 15.9 Å². The van der Waals surface area contributed by atoms with Crippen LogP contribution in [0, 0.1) is 5.92 Å². The van der Waals surface area contributed by atoms with Gasteiger partial charge in [0, 0.05) is 17.5 Å². The van der Waals surface area contributed by atoms with E-state index in [1.165, 1.54) is 23.3 Å². The van der Waals surface area contributed by atoms with Crippen molar-refractivity contribution < 1.29 is 4.79 Å². The number of alkyl halides is 1. The zero-order chi connectivity index (χ0) is 11.8. The average Bonchev–Trinajstić information content (AvgIpc) is 3.11. The van der Waals surface area contributed by atoms with E-state index in [1.807, 2.05) is 11.3 Å². The van der Waals surface area contributed by atoms with Crippen LogP contribution in [0.5, 0.6) is 0 Å². The van der Waals surface area contributed by atoms with E-state index in [0.29, 0.717) is 11.4 Å². The molecule has 1 aliphatic heterocycles. The van der Waals surface area contributed by atoms with Crippen molar-refractivity contribution in [1.82, 2.24) is 4.90 Å². The summed E-state index contributed by atoms with van der Waals surface area (Å²) in [6.07, 6.45) is 4.92. The maximum absolute atomic E-state index is 12.1. The van der Waals surface area contributed by atoms with Crippen molar-refractivity contribution in [2.24, 2.45) is 5.92 Å². The lowest BCUT2D eigenvalue weighted by Crippen LogP contribution is -2.41. The molecular formula is C13H16BrNOS. The summed E-state index contributed by atoms with van der Waals surface area (Å²) in [6.45, 7) is 0.824. The summed E-state index contributed by atoms with van der Waals surface area (Å²) < 4.78 is 0. The van der Waals surface area contributed by atoms with Crippen LogP contribution >= 0.6 is 27.3 Å². The van der Waals surface area contributed by atoms with Gasteiger partial charge in [-0.2, -0.15) is 0 Å². The van der Waals surface area contributed by atoms with Crippen molar-refractivity contribution in [2.75, 3.05) is 5.33 Å². The lowest BCUT2D eigenvalue weighted by Gasteiger charge is -2.29. The van der Waals surface area contributed by atoms with E-state index in [-0.39, 0.29) is 5.91 Å². The summed E-state index contributed by atoms with van der Waals surface area (Å²) in [5.74, 6) is 1.02. The van der Waals surface area contributed by atoms with Gasteiger partial charge in [0.1, 0.15) is 0 Å². The Morgan fingerprint density at radius 3 is 3.00 bits per heavy atom. The topological polar surface area (TPSA) is 20.3 Å². The summed E-state index contributed by atoms with van der Waals surface area (Å²) in [4.78, 5) is 15.7. The molecule has 0 radical (unpaired) electrons. The van der Waals surface area contributed by atoms with E-state index in [9.17, 15) is 4.79 Å². The molecule has 1 aromatic rings. The van der Waals surface area contributed by atoms with Gasteiger partial charge in [0.25, 0.3) is 0 Å². The van der Waals surface area contributed by atoms with Gasteiger partial charge in [0.15, 0.2) is 0 Å². The van der Waals surface area contributed by atoms with Crippen molar-refractivity contribution in [1.29, 1.82) is 0 Å². The average molecular weight is 314 g/mol. The first kappa shape index (κ1) is 11.7. The molecule has 0 bridgehead atoms. The molecule has 0 saturated heterocycles. The van der Waals surface area contributed by atoms with Gasteiger partial charge >= 0.3 is 0 Å². The van der Waals surface area contributed by atoms with Gasteiger partial charge in [-0.05, 0) is 48.6 Å². The Hall–Kier alpha value is -0.350. The van der Waals surface area contributed by atoms with E-state index < -0.39 is 0 Å². The minimum Gasteiger partial charge on any atom is -0.334 e. The molecule has 3 rings (SSSR count). The first-order valence-electron chi connectivity index (χ1n) is 6.20. The predicted octanol–water partition coefficient (Wildman–Crippen LogP) is 3.20. The molecule has 1 saturated carbocycles. The molecule has 1 aromatic heterocycles. The van der Waals surface area contributed by atoms with Gasteiger partial charge in [0.2, 0.25) is 5.91 Å². The van der Waals surface area contributed by atoms with Crippen molar-refractivity contribution in [3.8, 4) is 0 Å². The number of rotatable bonds is 2. The van der Waals surface area contributed by atoms with Crippen molar-refractivity contribution in [3.63, 3.8) is 0 Å². The molecular weight excluding hydrogens is 298 g/mol. The quantitative estimate of drug-likeness (QED) is 0.768. The highest BCUT2D eigenvalue weighted by molar-refractivity contribution is 9.09. The molecule has 0 unspecified atom stereocenters. The number of hydrogen-bond donors (Lipinski definition) is 0. The van der Waals surface area contributed by atoms with Crippen LogP contribution in [0.1, 0.15) is 29.7 Å². The van der Waals surface area contributed by atoms with Crippen LogP contribution in [0.4, 0.5) is 0 Å². The monoisotopic (exact) mass is 313 g/mol. The molecule has 0 N–H and O–H groups in total. The molecule has 2 nitrogen and oxygen atoms in total. The second kappa shape index (κ2) is 4.73. The Labute approximate surface area is 114 Å². The lowest BCUT2D eigenvalue weighted by atomic mass is 10.1. The number of fused-ring (bicyclic) bond motifs is 1. The van der Waals surface area contributed by atoms with Gasteiger partial charge in [0.05, 0.1) is 5.33 Å². The number of thiophene rings is 1. The Bertz CT molecular complexity index is 427. The summed E-state index contributed by atoms with van der Waals surface area (Å²) in [5, 5.41) is 2.61. The summed E-state index contributed by atoms with van der Waals surface area (Å²) in [7, 11) is 0. The zero-order valence-electron chi connectivity index (χ0n) is 9.69. The second-order valence-electron chi connectivity index (χ2n) is 4.97. The third-order valence-corrected chi connectivity index (χ3v) is 5.35. The Morgan fingerprint density at radius 2 is 2.29 bits per heavy atom. The normalized spacial score (nSPS) is 24.3. The molecule has 1 aliphatic carbocycles. The minimum atomic E-state index is 0.251. The molecule has 0 aromatic carbocycles. The van der Waals surface area contributed by atoms with Gasteiger partial charge in [-0.25, -0.2) is 0 Å². The fraction of sp³-hybridized carbons (Fsp3) is 0.615. The molecule has 92 valence electrons. The molecule has 1 fully saturated rings. The predicted molar refractivity (Wildman–Crippen MR) is 73.5 cm³/mol. The van der Waals surface area contributed by atoms with Crippen LogP contribution in [0.2, 0.25) is 0 Å². The van der Waals surface area contributed by atoms with Crippen LogP contribution in [-0.2, 0) is 17.8 Å². The highest BCUT2D eigenvalue weighted by Gasteiger charge is 2.38. The molecule has 1 amide bonds. The zero-order valence-corrected chi connectivity index (χ0v) is 12.1. The number of carbonyl (C=O) groups excluding carboxylic acids is 1. The van der Waals surface area contributed by atoms with Crippen LogP contribution in [-0.4, -0.2) is 22.2 Å². The maximum atomic E-state index is 12.1. The summed E-state index contributed by atoms with van der Waals surface area (Å²) in [6, 6.07) is 2.67. The smallest absolute Gasteiger partial charge is 0.233 e. The van der Waals surface area contributed by atoms with E-state index in [2.05, 4.69) is 32.3 Å². The SMILES string of the molecule is O=C(CBr)N1Cc2ccsc2CC[C@H]1C1CC1. The molecule has 4 heteroatoms. The number of amides is 1. The van der Waals surface area contributed by atoms with Gasteiger partial charge in [-0.15, -0.1) is 11.3 Å². The van der Waals surface area contributed by atoms with Crippen molar-refractivity contribution in [3.05, 3.63) is 21.9 Å². The van der Waals surface area contributed by atoms with Crippen LogP contribution in [0.15, 0.2) is 11.4 Å². The number of halogens is 1. The van der Waals surface area contributed by atoms with E-state index >= 15 is 0 Å². The fourth-order valence-electron chi connectivity index (χ4n) is 2.78. The summed E-state index contributed by atoms with van der Waals surface area (Å²) in [5.41, 5.74) is 1.37. The number of aryl methyl sites for hydroxylation is 1. The Balaban J connectivity index is 1.87. The highest BCUT2D eigenvalue weighted by Crippen LogP contribution is 2.40. The number of nitrogens with zero attached hydrogens (tertiary/aromatic N) is 1.